The van der Waals surface area contributed by atoms with E-state index in [4.69, 9.17) is 16.9 Å². The van der Waals surface area contributed by atoms with Crippen LogP contribution in [0.3, 0.4) is 0 Å². The Bertz CT molecular complexity index is 562. The number of likely N-dealkylation sites (tertiary alicyclic amines) is 1. The minimum atomic E-state index is 0.0682. The summed E-state index contributed by atoms with van der Waals surface area (Å²) in [6, 6.07) is 7.79. The first kappa shape index (κ1) is 12.3. The van der Waals surface area contributed by atoms with Gasteiger partial charge in [0.25, 0.3) is 0 Å². The van der Waals surface area contributed by atoms with Gasteiger partial charge in [-0.2, -0.15) is 5.26 Å². The highest BCUT2D eigenvalue weighted by Gasteiger charge is 2.39. The number of benzene rings is 1. The second-order valence-electron chi connectivity index (χ2n) is 5.12. The summed E-state index contributed by atoms with van der Waals surface area (Å²) < 4.78 is 0. The van der Waals surface area contributed by atoms with E-state index in [9.17, 15) is 4.79 Å². The first-order chi connectivity index (χ1) is 9.17. The van der Waals surface area contributed by atoms with Crippen molar-refractivity contribution in [3.8, 4) is 6.07 Å². The average Bonchev–Trinajstić information content (AvgIpc) is 3.15. The van der Waals surface area contributed by atoms with Crippen molar-refractivity contribution in [2.45, 2.75) is 31.3 Å². The maximum Gasteiger partial charge on any atom is 0.225 e. The molecule has 98 valence electrons. The first-order valence-electron chi connectivity index (χ1n) is 6.43. The molecule has 1 heterocycles. The van der Waals surface area contributed by atoms with Gasteiger partial charge in [-0.25, -0.2) is 0 Å². The van der Waals surface area contributed by atoms with Gasteiger partial charge in [0.2, 0.25) is 5.91 Å². The van der Waals surface area contributed by atoms with E-state index >= 15 is 0 Å². The van der Waals surface area contributed by atoms with Gasteiger partial charge in [0, 0.05) is 24.0 Å². The summed E-state index contributed by atoms with van der Waals surface area (Å²) in [5.41, 5.74) is 1.27. The van der Waals surface area contributed by atoms with Crippen molar-refractivity contribution in [2.24, 2.45) is 0 Å². The lowest BCUT2D eigenvalue weighted by atomic mass is 10.1. The predicted molar refractivity (Wildman–Crippen MR) is 72.9 cm³/mol. The van der Waals surface area contributed by atoms with E-state index < -0.39 is 0 Å². The smallest absolute Gasteiger partial charge is 0.225 e. The summed E-state index contributed by atoms with van der Waals surface area (Å²) in [5, 5.41) is 12.9. The van der Waals surface area contributed by atoms with Crippen LogP contribution in [0.25, 0.3) is 0 Å². The van der Waals surface area contributed by atoms with Crippen LogP contribution in [0.4, 0.5) is 5.69 Å². The molecule has 1 unspecified atom stereocenters. The molecule has 1 saturated carbocycles. The van der Waals surface area contributed by atoms with Gasteiger partial charge in [-0.05, 0) is 31.0 Å². The van der Waals surface area contributed by atoms with E-state index in [0.717, 1.165) is 19.4 Å². The van der Waals surface area contributed by atoms with E-state index in [0.29, 0.717) is 28.7 Å². The van der Waals surface area contributed by atoms with Gasteiger partial charge in [-0.1, -0.05) is 11.6 Å². The normalized spacial score (nSPS) is 22.4. The minimum Gasteiger partial charge on any atom is -0.379 e. The lowest BCUT2D eigenvalue weighted by Gasteiger charge is -2.17. The number of carbonyl (C=O) groups is 1. The molecule has 1 saturated heterocycles. The molecule has 2 aliphatic rings. The number of rotatable bonds is 3. The molecular formula is C14H14ClN3O. The topological polar surface area (TPSA) is 56.1 Å². The Balaban J connectivity index is 1.74. The van der Waals surface area contributed by atoms with Crippen molar-refractivity contribution in [3.05, 3.63) is 28.8 Å². The number of nitrogens with zero attached hydrogens (tertiary/aromatic N) is 2. The number of carbonyl (C=O) groups excluding carboxylic acids is 1. The summed E-state index contributed by atoms with van der Waals surface area (Å²) in [5.74, 6) is 0.209. The third kappa shape index (κ3) is 2.52. The van der Waals surface area contributed by atoms with Crippen LogP contribution in [0.1, 0.15) is 24.8 Å². The zero-order valence-corrected chi connectivity index (χ0v) is 11.2. The highest BCUT2D eigenvalue weighted by Crippen LogP contribution is 2.32. The Morgan fingerprint density at radius 2 is 2.21 bits per heavy atom. The third-order valence-corrected chi connectivity index (χ3v) is 3.84. The molecule has 0 aromatic heterocycles. The van der Waals surface area contributed by atoms with Crippen LogP contribution in [0.5, 0.6) is 0 Å². The van der Waals surface area contributed by atoms with Crippen molar-refractivity contribution in [1.82, 2.24) is 4.90 Å². The Kier molecular flexibility index (Phi) is 3.08. The molecular weight excluding hydrogens is 262 g/mol. The minimum absolute atomic E-state index is 0.0682. The number of hydrogen-bond acceptors (Lipinski definition) is 3. The van der Waals surface area contributed by atoms with Crippen LogP contribution >= 0.6 is 11.6 Å². The second-order valence-corrected chi connectivity index (χ2v) is 5.56. The summed E-state index contributed by atoms with van der Waals surface area (Å²) in [7, 11) is 0. The summed E-state index contributed by atoms with van der Waals surface area (Å²) >= 11 is 5.95. The second kappa shape index (κ2) is 4.75. The van der Waals surface area contributed by atoms with Crippen molar-refractivity contribution in [1.29, 1.82) is 5.26 Å². The Morgan fingerprint density at radius 3 is 2.89 bits per heavy atom. The number of nitrogens with one attached hydrogen (secondary N) is 1. The lowest BCUT2D eigenvalue weighted by Crippen LogP contribution is -2.29. The van der Waals surface area contributed by atoms with Gasteiger partial charge in [0.1, 0.15) is 6.07 Å². The first-order valence-corrected chi connectivity index (χ1v) is 6.81. The molecule has 2 fully saturated rings. The number of amides is 1. The van der Waals surface area contributed by atoms with Crippen LogP contribution < -0.4 is 5.32 Å². The average molecular weight is 276 g/mol. The maximum atomic E-state index is 11.9. The van der Waals surface area contributed by atoms with Crippen molar-refractivity contribution < 1.29 is 4.79 Å². The van der Waals surface area contributed by atoms with Gasteiger partial charge in [0.15, 0.2) is 0 Å². The molecule has 19 heavy (non-hydrogen) atoms. The number of hydrogen-bond donors (Lipinski definition) is 1. The largest absolute Gasteiger partial charge is 0.379 e. The van der Waals surface area contributed by atoms with Crippen LogP contribution in [0, 0.1) is 11.3 Å². The number of halogens is 1. The van der Waals surface area contributed by atoms with Gasteiger partial charge < -0.3 is 10.2 Å². The lowest BCUT2D eigenvalue weighted by molar-refractivity contribution is -0.128. The number of anilines is 1. The van der Waals surface area contributed by atoms with E-state index in [-0.39, 0.29) is 11.9 Å². The zero-order valence-electron chi connectivity index (χ0n) is 10.4. The molecule has 3 rings (SSSR count). The maximum absolute atomic E-state index is 11.9. The molecule has 1 N–H and O–H groups in total. The molecule has 1 aliphatic heterocycles. The van der Waals surface area contributed by atoms with Gasteiger partial charge in [-0.15, -0.1) is 0 Å². The summed E-state index contributed by atoms with van der Waals surface area (Å²) in [6.07, 6.45) is 2.74. The standard InChI is InChI=1S/C14H14ClN3O/c15-10-2-1-9(7-16)13(5-10)17-11-6-14(19)18(8-11)12-3-4-12/h1-2,5,11-12,17H,3-4,6,8H2. The highest BCUT2D eigenvalue weighted by atomic mass is 35.5. The monoisotopic (exact) mass is 275 g/mol. The molecule has 1 aromatic rings. The van der Waals surface area contributed by atoms with Gasteiger partial charge >= 0.3 is 0 Å². The van der Waals surface area contributed by atoms with E-state index in [1.54, 1.807) is 18.2 Å². The zero-order chi connectivity index (χ0) is 13.4. The highest BCUT2D eigenvalue weighted by molar-refractivity contribution is 6.30. The van der Waals surface area contributed by atoms with E-state index in [2.05, 4.69) is 11.4 Å². The molecule has 1 aromatic carbocycles. The molecule has 1 aliphatic carbocycles. The van der Waals surface area contributed by atoms with Crippen LogP contribution in [-0.4, -0.2) is 29.4 Å². The molecule has 0 bridgehead atoms. The summed E-state index contributed by atoms with van der Waals surface area (Å²) in [6.45, 7) is 0.723. The molecule has 1 atom stereocenters. The van der Waals surface area contributed by atoms with Crippen LogP contribution in [-0.2, 0) is 4.79 Å². The van der Waals surface area contributed by atoms with E-state index in [1.165, 1.54) is 0 Å². The Labute approximate surface area is 117 Å². The van der Waals surface area contributed by atoms with Gasteiger partial charge in [0.05, 0.1) is 17.3 Å². The molecule has 0 spiro atoms. The van der Waals surface area contributed by atoms with Crippen molar-refractivity contribution in [2.75, 3.05) is 11.9 Å². The fourth-order valence-electron chi connectivity index (χ4n) is 2.52. The molecule has 4 nitrogen and oxygen atoms in total. The molecule has 0 radical (unpaired) electrons. The Morgan fingerprint density at radius 1 is 1.42 bits per heavy atom. The fourth-order valence-corrected chi connectivity index (χ4v) is 2.69. The Hall–Kier alpha value is -1.73. The molecule has 5 heteroatoms. The SMILES string of the molecule is N#Cc1ccc(Cl)cc1NC1CC(=O)N(C2CC2)C1. The van der Waals surface area contributed by atoms with Crippen molar-refractivity contribution >= 4 is 23.2 Å². The van der Waals surface area contributed by atoms with E-state index in [1.807, 2.05) is 4.90 Å². The van der Waals surface area contributed by atoms with Crippen LogP contribution in [0.2, 0.25) is 5.02 Å². The predicted octanol–water partition coefficient (Wildman–Crippen LogP) is 2.39. The van der Waals surface area contributed by atoms with Crippen LogP contribution in [0.15, 0.2) is 18.2 Å². The van der Waals surface area contributed by atoms with Gasteiger partial charge in [-0.3, -0.25) is 4.79 Å². The summed E-state index contributed by atoms with van der Waals surface area (Å²) in [4.78, 5) is 13.8. The fraction of sp³-hybridized carbons (Fsp3) is 0.429. The number of nitriles is 1. The quantitative estimate of drug-likeness (QED) is 0.921. The molecule has 1 amide bonds. The van der Waals surface area contributed by atoms with Crippen molar-refractivity contribution in [3.63, 3.8) is 0 Å². The third-order valence-electron chi connectivity index (χ3n) is 3.61.